The molecule has 7 heteroatoms. The second-order valence-corrected chi connectivity index (χ2v) is 5.60. The highest BCUT2D eigenvalue weighted by Gasteiger charge is 2.16. The van der Waals surface area contributed by atoms with Gasteiger partial charge in [0.25, 0.3) is 11.8 Å². The van der Waals surface area contributed by atoms with E-state index in [1.807, 2.05) is 54.8 Å². The van der Waals surface area contributed by atoms with Crippen molar-refractivity contribution in [2.24, 2.45) is 0 Å². The molecule has 0 bridgehead atoms. The number of hydrazine groups is 1. The molecule has 0 fully saturated rings. The number of thiophene rings is 1. The number of amides is 1. The summed E-state index contributed by atoms with van der Waals surface area (Å²) in [6.07, 6.45) is 0. The minimum Gasteiger partial charge on any atom is -0.417 e. The SMILES string of the molecule is Cc1ccsc1C(=O)NNc1oc(-c2ccccc2)nc1C#N. The minimum atomic E-state index is -0.293. The number of carbonyl (C=O) groups excluding carboxylic acids is 1. The van der Waals surface area contributed by atoms with Crippen molar-refractivity contribution < 1.29 is 9.21 Å². The van der Waals surface area contributed by atoms with E-state index in [9.17, 15) is 4.79 Å². The van der Waals surface area contributed by atoms with Crippen LogP contribution >= 0.6 is 11.3 Å². The van der Waals surface area contributed by atoms with Gasteiger partial charge in [-0.1, -0.05) is 18.2 Å². The molecule has 3 rings (SSSR count). The zero-order chi connectivity index (χ0) is 16.2. The maximum atomic E-state index is 12.1. The molecule has 0 radical (unpaired) electrons. The maximum absolute atomic E-state index is 12.1. The predicted octanol–water partition coefficient (Wildman–Crippen LogP) is 3.34. The lowest BCUT2D eigenvalue weighted by molar-refractivity contribution is 0.0965. The molecule has 0 aliphatic rings. The first kappa shape index (κ1) is 14.8. The lowest BCUT2D eigenvalue weighted by Crippen LogP contribution is -2.29. The standard InChI is InChI=1S/C16H12N4O2S/c1-10-7-8-23-13(10)14(21)19-20-16-12(9-17)18-15(22-16)11-5-3-2-4-6-11/h2-8,20H,1H3,(H,19,21). The van der Waals surface area contributed by atoms with Gasteiger partial charge in [-0.3, -0.25) is 15.6 Å². The zero-order valence-corrected chi connectivity index (χ0v) is 13.0. The fourth-order valence-corrected chi connectivity index (χ4v) is 2.78. The Hall–Kier alpha value is -3.11. The molecule has 0 unspecified atom stereocenters. The molecule has 0 spiro atoms. The third-order valence-corrected chi connectivity index (χ3v) is 4.13. The van der Waals surface area contributed by atoms with E-state index in [2.05, 4.69) is 15.8 Å². The van der Waals surface area contributed by atoms with Crippen LogP contribution in [-0.2, 0) is 0 Å². The summed E-state index contributed by atoms with van der Waals surface area (Å²) in [5.41, 5.74) is 6.85. The van der Waals surface area contributed by atoms with Crippen LogP contribution in [0.2, 0.25) is 0 Å². The van der Waals surface area contributed by atoms with Gasteiger partial charge in [-0.15, -0.1) is 11.3 Å². The molecule has 1 aromatic carbocycles. The number of hydrogen-bond donors (Lipinski definition) is 2. The topological polar surface area (TPSA) is 90.9 Å². The molecule has 1 amide bonds. The van der Waals surface area contributed by atoms with Gasteiger partial charge in [0.1, 0.15) is 6.07 Å². The van der Waals surface area contributed by atoms with Crippen molar-refractivity contribution in [3.05, 3.63) is 57.9 Å². The van der Waals surface area contributed by atoms with Gasteiger partial charge in [0.15, 0.2) is 0 Å². The maximum Gasteiger partial charge on any atom is 0.280 e. The van der Waals surface area contributed by atoms with Crippen molar-refractivity contribution in [2.75, 3.05) is 5.43 Å². The van der Waals surface area contributed by atoms with E-state index < -0.39 is 0 Å². The smallest absolute Gasteiger partial charge is 0.280 e. The number of carbonyl (C=O) groups is 1. The average Bonchev–Trinajstić information content (AvgIpc) is 3.19. The van der Waals surface area contributed by atoms with Gasteiger partial charge >= 0.3 is 0 Å². The van der Waals surface area contributed by atoms with E-state index in [1.54, 1.807) is 0 Å². The summed E-state index contributed by atoms with van der Waals surface area (Å²) in [6, 6.07) is 13.0. The Morgan fingerprint density at radius 3 is 2.74 bits per heavy atom. The lowest BCUT2D eigenvalue weighted by Gasteiger charge is -2.04. The van der Waals surface area contributed by atoms with Gasteiger partial charge in [-0.05, 0) is 36.1 Å². The molecule has 3 aromatic rings. The van der Waals surface area contributed by atoms with Crippen molar-refractivity contribution in [3.63, 3.8) is 0 Å². The first-order valence-corrected chi connectivity index (χ1v) is 7.64. The number of nitriles is 1. The number of benzene rings is 1. The van der Waals surface area contributed by atoms with Crippen LogP contribution in [0.3, 0.4) is 0 Å². The van der Waals surface area contributed by atoms with Crippen LogP contribution in [0.4, 0.5) is 5.88 Å². The number of hydrogen-bond acceptors (Lipinski definition) is 6. The Balaban J connectivity index is 1.78. The normalized spacial score (nSPS) is 10.1. The Labute approximate surface area is 136 Å². The summed E-state index contributed by atoms with van der Waals surface area (Å²) in [5, 5.41) is 11.0. The molecule has 0 saturated heterocycles. The zero-order valence-electron chi connectivity index (χ0n) is 12.2. The van der Waals surface area contributed by atoms with E-state index in [1.165, 1.54) is 11.3 Å². The Morgan fingerprint density at radius 2 is 2.09 bits per heavy atom. The van der Waals surface area contributed by atoms with Gasteiger partial charge in [-0.2, -0.15) is 10.2 Å². The molecule has 0 aliphatic heterocycles. The van der Waals surface area contributed by atoms with Crippen molar-refractivity contribution in [1.29, 1.82) is 5.26 Å². The Morgan fingerprint density at radius 1 is 1.30 bits per heavy atom. The van der Waals surface area contributed by atoms with E-state index >= 15 is 0 Å². The molecule has 0 atom stereocenters. The number of aromatic nitrogens is 1. The summed E-state index contributed by atoms with van der Waals surface area (Å²) in [7, 11) is 0. The van der Waals surface area contributed by atoms with Crippen molar-refractivity contribution in [2.45, 2.75) is 6.92 Å². The fourth-order valence-electron chi connectivity index (χ4n) is 1.96. The Bertz CT molecular complexity index is 877. The molecule has 0 aliphatic carbocycles. The molecule has 6 nitrogen and oxygen atoms in total. The average molecular weight is 324 g/mol. The quantitative estimate of drug-likeness (QED) is 0.718. The molecule has 2 heterocycles. The van der Waals surface area contributed by atoms with Crippen LogP contribution in [0, 0.1) is 18.3 Å². The van der Waals surface area contributed by atoms with Gasteiger partial charge in [0, 0.05) is 5.56 Å². The molecular formula is C16H12N4O2S. The largest absolute Gasteiger partial charge is 0.417 e. The third kappa shape index (κ3) is 3.07. The second-order valence-electron chi connectivity index (χ2n) is 4.69. The van der Waals surface area contributed by atoms with Gasteiger partial charge in [0.05, 0.1) is 4.88 Å². The highest BCUT2D eigenvalue weighted by molar-refractivity contribution is 7.12. The van der Waals surface area contributed by atoms with Crippen molar-refractivity contribution in [3.8, 4) is 17.5 Å². The lowest BCUT2D eigenvalue weighted by atomic mass is 10.2. The highest BCUT2D eigenvalue weighted by Crippen LogP contribution is 2.24. The molecular weight excluding hydrogens is 312 g/mol. The van der Waals surface area contributed by atoms with Crippen LogP contribution in [0.25, 0.3) is 11.5 Å². The van der Waals surface area contributed by atoms with Crippen molar-refractivity contribution in [1.82, 2.24) is 10.4 Å². The van der Waals surface area contributed by atoms with Gasteiger partial charge in [0.2, 0.25) is 11.6 Å². The van der Waals surface area contributed by atoms with E-state index in [-0.39, 0.29) is 17.5 Å². The van der Waals surface area contributed by atoms with Gasteiger partial charge in [-0.25, -0.2) is 0 Å². The van der Waals surface area contributed by atoms with Crippen LogP contribution in [-0.4, -0.2) is 10.9 Å². The number of aryl methyl sites for hydroxylation is 1. The third-order valence-electron chi connectivity index (χ3n) is 3.11. The monoisotopic (exact) mass is 324 g/mol. The van der Waals surface area contributed by atoms with Crippen LogP contribution in [0.15, 0.2) is 46.2 Å². The summed E-state index contributed by atoms with van der Waals surface area (Å²) in [4.78, 5) is 16.8. The molecule has 23 heavy (non-hydrogen) atoms. The fraction of sp³-hybridized carbons (Fsp3) is 0.0625. The number of rotatable bonds is 4. The van der Waals surface area contributed by atoms with Crippen molar-refractivity contribution >= 4 is 23.1 Å². The summed E-state index contributed by atoms with van der Waals surface area (Å²) < 4.78 is 5.53. The Kier molecular flexibility index (Phi) is 4.08. The van der Waals surface area contributed by atoms with Crippen LogP contribution in [0.1, 0.15) is 20.9 Å². The van der Waals surface area contributed by atoms with Crippen LogP contribution in [0.5, 0.6) is 0 Å². The molecule has 2 aromatic heterocycles. The first-order chi connectivity index (χ1) is 11.2. The highest BCUT2D eigenvalue weighted by atomic mass is 32.1. The van der Waals surface area contributed by atoms with E-state index in [4.69, 9.17) is 9.68 Å². The molecule has 114 valence electrons. The number of nitrogens with zero attached hydrogens (tertiary/aromatic N) is 2. The van der Waals surface area contributed by atoms with E-state index in [0.29, 0.717) is 10.8 Å². The van der Waals surface area contributed by atoms with Crippen LogP contribution < -0.4 is 10.9 Å². The number of anilines is 1. The summed E-state index contributed by atoms with van der Waals surface area (Å²) in [6.45, 7) is 1.86. The summed E-state index contributed by atoms with van der Waals surface area (Å²) in [5.74, 6) is 0.124. The second kappa shape index (κ2) is 6.34. The number of nitrogens with one attached hydrogen (secondary N) is 2. The predicted molar refractivity (Wildman–Crippen MR) is 86.8 cm³/mol. The van der Waals surface area contributed by atoms with E-state index in [0.717, 1.165) is 11.1 Å². The molecule has 2 N–H and O–H groups in total. The summed E-state index contributed by atoms with van der Waals surface area (Å²) >= 11 is 1.34. The van der Waals surface area contributed by atoms with Gasteiger partial charge < -0.3 is 4.42 Å². The first-order valence-electron chi connectivity index (χ1n) is 6.76. The molecule has 0 saturated carbocycles. The number of oxazole rings is 1. The minimum absolute atomic E-state index is 0.0760.